The third-order valence-corrected chi connectivity index (χ3v) is 2.74. The standard InChI is InChI=1S/C13H13FO/c1-9-7-11(14)5-6-13(9)10-3-2-4-12(15)8-10/h5-8H,2-4H2,1H3. The fourth-order valence-electron chi connectivity index (χ4n) is 1.99. The van der Waals surface area contributed by atoms with Gasteiger partial charge in [0.25, 0.3) is 0 Å². The minimum absolute atomic E-state index is 0.181. The molecular weight excluding hydrogens is 191 g/mol. The molecule has 0 heterocycles. The number of halogens is 1. The Kier molecular flexibility index (Phi) is 2.67. The first-order valence-electron chi connectivity index (χ1n) is 5.17. The van der Waals surface area contributed by atoms with Gasteiger partial charge in [0.1, 0.15) is 5.82 Å². The number of ketones is 1. The van der Waals surface area contributed by atoms with E-state index in [0.717, 1.165) is 29.5 Å². The smallest absolute Gasteiger partial charge is 0.155 e. The van der Waals surface area contributed by atoms with Gasteiger partial charge < -0.3 is 0 Å². The van der Waals surface area contributed by atoms with Crippen molar-refractivity contribution in [2.24, 2.45) is 0 Å². The van der Waals surface area contributed by atoms with E-state index in [1.165, 1.54) is 12.1 Å². The van der Waals surface area contributed by atoms with Crippen LogP contribution in [0.5, 0.6) is 0 Å². The van der Waals surface area contributed by atoms with Gasteiger partial charge in [-0.2, -0.15) is 0 Å². The van der Waals surface area contributed by atoms with Gasteiger partial charge in [-0.3, -0.25) is 4.79 Å². The summed E-state index contributed by atoms with van der Waals surface area (Å²) in [5.74, 6) is -0.0426. The Morgan fingerprint density at radius 2 is 2.07 bits per heavy atom. The molecule has 0 bridgehead atoms. The second-order valence-corrected chi connectivity index (χ2v) is 3.95. The number of benzene rings is 1. The van der Waals surface area contributed by atoms with Gasteiger partial charge >= 0.3 is 0 Å². The maximum Gasteiger partial charge on any atom is 0.155 e. The zero-order chi connectivity index (χ0) is 10.8. The molecule has 0 atom stereocenters. The van der Waals surface area contributed by atoms with E-state index < -0.39 is 0 Å². The van der Waals surface area contributed by atoms with Crippen molar-refractivity contribution in [3.8, 4) is 0 Å². The molecule has 1 aliphatic carbocycles. The van der Waals surface area contributed by atoms with Crippen LogP contribution in [0.4, 0.5) is 4.39 Å². The topological polar surface area (TPSA) is 17.1 Å². The van der Waals surface area contributed by atoms with Gasteiger partial charge in [-0.25, -0.2) is 4.39 Å². The summed E-state index contributed by atoms with van der Waals surface area (Å²) in [4.78, 5) is 11.3. The van der Waals surface area contributed by atoms with Crippen molar-refractivity contribution in [2.45, 2.75) is 26.2 Å². The Labute approximate surface area is 88.6 Å². The van der Waals surface area contributed by atoms with Crippen LogP contribution in [0.1, 0.15) is 30.4 Å². The van der Waals surface area contributed by atoms with Crippen LogP contribution >= 0.6 is 0 Å². The molecule has 1 aromatic carbocycles. The van der Waals surface area contributed by atoms with E-state index in [-0.39, 0.29) is 11.6 Å². The van der Waals surface area contributed by atoms with Crippen molar-refractivity contribution in [1.29, 1.82) is 0 Å². The predicted molar refractivity (Wildman–Crippen MR) is 58.0 cm³/mol. The van der Waals surface area contributed by atoms with Crippen LogP contribution in [-0.4, -0.2) is 5.78 Å². The first-order valence-corrected chi connectivity index (χ1v) is 5.17. The lowest BCUT2D eigenvalue weighted by Crippen LogP contribution is -2.03. The summed E-state index contributed by atoms with van der Waals surface area (Å²) in [6, 6.07) is 4.71. The van der Waals surface area contributed by atoms with Crippen molar-refractivity contribution >= 4 is 11.4 Å². The van der Waals surface area contributed by atoms with E-state index in [9.17, 15) is 9.18 Å². The summed E-state index contributed by atoms with van der Waals surface area (Å²) < 4.78 is 12.9. The summed E-state index contributed by atoms with van der Waals surface area (Å²) in [5.41, 5.74) is 2.95. The van der Waals surface area contributed by atoms with Gasteiger partial charge in [-0.1, -0.05) is 6.07 Å². The molecule has 0 unspecified atom stereocenters. The Bertz CT molecular complexity index is 432. The van der Waals surface area contributed by atoms with E-state index in [2.05, 4.69) is 0 Å². The molecular formula is C13H13FO. The summed E-state index contributed by atoms with van der Waals surface area (Å²) in [6.07, 6.45) is 4.16. The highest BCUT2D eigenvalue weighted by molar-refractivity contribution is 5.98. The lowest BCUT2D eigenvalue weighted by molar-refractivity contribution is -0.114. The molecule has 0 radical (unpaired) electrons. The molecule has 0 amide bonds. The number of hydrogen-bond acceptors (Lipinski definition) is 1. The van der Waals surface area contributed by atoms with Crippen molar-refractivity contribution in [1.82, 2.24) is 0 Å². The quantitative estimate of drug-likeness (QED) is 0.686. The minimum atomic E-state index is -0.223. The van der Waals surface area contributed by atoms with Gasteiger partial charge in [0.2, 0.25) is 0 Å². The van der Waals surface area contributed by atoms with Gasteiger partial charge in [-0.15, -0.1) is 0 Å². The van der Waals surface area contributed by atoms with Crippen LogP contribution in [0, 0.1) is 12.7 Å². The molecule has 2 heteroatoms. The van der Waals surface area contributed by atoms with Gasteiger partial charge in [-0.05, 0) is 54.7 Å². The molecule has 15 heavy (non-hydrogen) atoms. The largest absolute Gasteiger partial charge is 0.295 e. The zero-order valence-electron chi connectivity index (χ0n) is 8.72. The highest BCUT2D eigenvalue weighted by Crippen LogP contribution is 2.27. The third-order valence-electron chi connectivity index (χ3n) is 2.74. The maximum absolute atomic E-state index is 12.9. The van der Waals surface area contributed by atoms with E-state index in [1.807, 2.05) is 6.92 Å². The van der Waals surface area contributed by atoms with Crippen LogP contribution in [-0.2, 0) is 4.79 Å². The van der Waals surface area contributed by atoms with Gasteiger partial charge in [0, 0.05) is 6.42 Å². The van der Waals surface area contributed by atoms with Crippen molar-refractivity contribution in [2.75, 3.05) is 0 Å². The Morgan fingerprint density at radius 1 is 1.27 bits per heavy atom. The fraction of sp³-hybridized carbons (Fsp3) is 0.308. The first-order chi connectivity index (χ1) is 7.16. The van der Waals surface area contributed by atoms with E-state index in [0.29, 0.717) is 6.42 Å². The second kappa shape index (κ2) is 3.97. The number of carbonyl (C=O) groups excluding carboxylic acids is 1. The van der Waals surface area contributed by atoms with Crippen molar-refractivity contribution in [3.05, 3.63) is 41.2 Å². The highest BCUT2D eigenvalue weighted by atomic mass is 19.1. The lowest BCUT2D eigenvalue weighted by atomic mass is 9.91. The molecule has 0 fully saturated rings. The van der Waals surface area contributed by atoms with Crippen molar-refractivity contribution < 1.29 is 9.18 Å². The molecule has 0 N–H and O–H groups in total. The second-order valence-electron chi connectivity index (χ2n) is 3.95. The van der Waals surface area contributed by atoms with Crippen LogP contribution in [0.15, 0.2) is 24.3 Å². The zero-order valence-corrected chi connectivity index (χ0v) is 8.72. The third kappa shape index (κ3) is 2.14. The lowest BCUT2D eigenvalue weighted by Gasteiger charge is -2.14. The molecule has 1 nitrogen and oxygen atoms in total. The molecule has 0 aliphatic heterocycles. The Morgan fingerprint density at radius 3 is 2.73 bits per heavy atom. The molecule has 2 rings (SSSR count). The predicted octanol–water partition coefficient (Wildman–Crippen LogP) is 3.27. The molecule has 78 valence electrons. The Balaban J connectivity index is 2.41. The normalized spacial score (nSPS) is 16.4. The molecule has 0 spiro atoms. The summed E-state index contributed by atoms with van der Waals surface area (Å²) in [6.45, 7) is 1.87. The summed E-state index contributed by atoms with van der Waals surface area (Å²) >= 11 is 0. The van der Waals surface area contributed by atoms with Crippen LogP contribution in [0.25, 0.3) is 5.57 Å². The monoisotopic (exact) mass is 204 g/mol. The van der Waals surface area contributed by atoms with Crippen LogP contribution in [0.2, 0.25) is 0 Å². The minimum Gasteiger partial charge on any atom is -0.295 e. The summed E-state index contributed by atoms with van der Waals surface area (Å²) in [5, 5.41) is 0. The number of allylic oxidation sites excluding steroid dienone is 2. The van der Waals surface area contributed by atoms with E-state index in [4.69, 9.17) is 0 Å². The van der Waals surface area contributed by atoms with Gasteiger partial charge in [0.05, 0.1) is 0 Å². The molecule has 0 saturated carbocycles. The number of carbonyl (C=O) groups is 1. The maximum atomic E-state index is 12.9. The average Bonchev–Trinajstić information content (AvgIpc) is 2.17. The molecule has 1 aliphatic rings. The van der Waals surface area contributed by atoms with Crippen molar-refractivity contribution in [3.63, 3.8) is 0 Å². The SMILES string of the molecule is Cc1cc(F)ccc1C1=CC(=O)CCC1. The van der Waals surface area contributed by atoms with E-state index in [1.54, 1.807) is 12.1 Å². The number of rotatable bonds is 1. The average molecular weight is 204 g/mol. The fourth-order valence-corrected chi connectivity index (χ4v) is 1.99. The first kappa shape index (κ1) is 10.1. The number of hydrogen-bond donors (Lipinski definition) is 0. The highest BCUT2D eigenvalue weighted by Gasteiger charge is 2.13. The van der Waals surface area contributed by atoms with Crippen LogP contribution in [0.3, 0.4) is 0 Å². The molecule has 0 saturated heterocycles. The van der Waals surface area contributed by atoms with E-state index >= 15 is 0 Å². The summed E-state index contributed by atoms with van der Waals surface area (Å²) in [7, 11) is 0. The van der Waals surface area contributed by atoms with Crippen LogP contribution < -0.4 is 0 Å². The Hall–Kier alpha value is -1.44. The number of aryl methyl sites for hydroxylation is 1. The van der Waals surface area contributed by atoms with Gasteiger partial charge in [0.15, 0.2) is 5.78 Å². The molecule has 0 aromatic heterocycles. The molecule has 1 aromatic rings.